The van der Waals surface area contributed by atoms with Crippen LogP contribution < -0.4 is 0 Å². The van der Waals surface area contributed by atoms with Gasteiger partial charge >= 0.3 is 0 Å². The van der Waals surface area contributed by atoms with Gasteiger partial charge in [-0.3, -0.25) is 0 Å². The van der Waals surface area contributed by atoms with Crippen molar-refractivity contribution in [3.05, 3.63) is 33.1 Å². The van der Waals surface area contributed by atoms with E-state index in [1.807, 2.05) is 0 Å². The van der Waals surface area contributed by atoms with Gasteiger partial charge < -0.3 is 5.11 Å². The van der Waals surface area contributed by atoms with Crippen LogP contribution in [-0.2, 0) is 13.0 Å². The minimum absolute atomic E-state index is 0.139. The summed E-state index contributed by atoms with van der Waals surface area (Å²) < 4.78 is 2.46. The molecule has 0 bridgehead atoms. The molecule has 1 N–H and O–H groups in total. The molecule has 1 heterocycles. The van der Waals surface area contributed by atoms with E-state index in [-0.39, 0.29) is 6.61 Å². The summed E-state index contributed by atoms with van der Waals surface area (Å²) in [6.45, 7) is 2.29. The van der Waals surface area contributed by atoms with E-state index >= 15 is 0 Å². The van der Waals surface area contributed by atoms with Crippen LogP contribution in [0.1, 0.15) is 17.4 Å². The van der Waals surface area contributed by atoms with Crippen LogP contribution in [0.25, 0.3) is 10.1 Å². The molecule has 0 aliphatic rings. The number of hydrogen-bond donors (Lipinski definition) is 1. The van der Waals surface area contributed by atoms with Gasteiger partial charge in [0.2, 0.25) is 0 Å². The number of fused-ring (bicyclic) bond motifs is 1. The fourth-order valence-corrected chi connectivity index (χ4v) is 3.47. The number of hydrogen-bond acceptors (Lipinski definition) is 2. The van der Waals surface area contributed by atoms with Crippen LogP contribution in [0.4, 0.5) is 0 Å². The Morgan fingerprint density at radius 1 is 1.43 bits per heavy atom. The first-order valence-corrected chi connectivity index (χ1v) is 6.18. The normalized spacial score (nSPS) is 11.1. The first kappa shape index (κ1) is 10.1. The molecule has 0 radical (unpaired) electrons. The number of thiophene rings is 1. The Balaban J connectivity index is 2.73. The van der Waals surface area contributed by atoms with Crippen LogP contribution in [0.3, 0.4) is 0 Å². The average Bonchev–Trinajstić information content (AvgIpc) is 2.60. The van der Waals surface area contributed by atoms with Crippen LogP contribution in [0.15, 0.2) is 22.7 Å². The van der Waals surface area contributed by atoms with Gasteiger partial charge in [0.1, 0.15) is 0 Å². The molecule has 1 nitrogen and oxygen atoms in total. The number of halogens is 1. The maximum atomic E-state index is 9.07. The quantitative estimate of drug-likeness (QED) is 0.882. The summed E-state index contributed by atoms with van der Waals surface area (Å²) in [5, 5.41) is 10.3. The molecule has 0 unspecified atom stereocenters. The molecule has 1 aromatic carbocycles. The van der Waals surface area contributed by atoms with Crippen molar-refractivity contribution in [3.8, 4) is 0 Å². The predicted octanol–water partition coefficient (Wildman–Crippen LogP) is 3.72. The fourth-order valence-electron chi connectivity index (χ4n) is 1.60. The third-order valence-corrected chi connectivity index (χ3v) is 4.23. The number of aliphatic hydroxyl groups is 1. The molecule has 74 valence electrons. The second-order valence-electron chi connectivity index (χ2n) is 3.17. The van der Waals surface area contributed by atoms with Gasteiger partial charge in [-0.15, -0.1) is 11.3 Å². The highest BCUT2D eigenvalue weighted by atomic mass is 79.9. The molecule has 3 heteroatoms. The van der Waals surface area contributed by atoms with Gasteiger partial charge in [-0.2, -0.15) is 0 Å². The van der Waals surface area contributed by atoms with Gasteiger partial charge in [0, 0.05) is 14.0 Å². The highest BCUT2D eigenvalue weighted by Gasteiger charge is 2.07. The summed E-state index contributed by atoms with van der Waals surface area (Å²) in [5.74, 6) is 0. The van der Waals surface area contributed by atoms with Crippen molar-refractivity contribution < 1.29 is 5.11 Å². The van der Waals surface area contributed by atoms with Crippen molar-refractivity contribution in [2.24, 2.45) is 0 Å². The summed E-state index contributed by atoms with van der Waals surface area (Å²) in [6.07, 6.45) is 1.02. The van der Waals surface area contributed by atoms with Crippen LogP contribution in [-0.4, -0.2) is 5.11 Å². The van der Waals surface area contributed by atoms with E-state index in [1.54, 1.807) is 11.3 Å². The van der Waals surface area contributed by atoms with E-state index in [2.05, 4.69) is 41.1 Å². The first-order valence-electron chi connectivity index (χ1n) is 4.57. The van der Waals surface area contributed by atoms with Crippen molar-refractivity contribution in [1.82, 2.24) is 0 Å². The van der Waals surface area contributed by atoms with Gasteiger partial charge in [0.15, 0.2) is 0 Å². The molecule has 0 saturated carbocycles. The predicted molar refractivity (Wildman–Crippen MR) is 64.8 cm³/mol. The van der Waals surface area contributed by atoms with Crippen molar-refractivity contribution in [2.45, 2.75) is 20.0 Å². The minimum atomic E-state index is 0.139. The Morgan fingerprint density at radius 2 is 2.21 bits per heavy atom. The van der Waals surface area contributed by atoms with Gasteiger partial charge in [-0.05, 0) is 29.5 Å². The number of aliphatic hydroxyl groups excluding tert-OH is 1. The summed E-state index contributed by atoms with van der Waals surface area (Å²) in [4.78, 5) is 1.04. The second-order valence-corrected chi connectivity index (χ2v) is 5.16. The molecule has 2 rings (SSSR count). The van der Waals surface area contributed by atoms with Crippen LogP contribution in [0.2, 0.25) is 0 Å². The standard InChI is InChI=1S/C11H11BrOS/c1-2-9-10(12)4-3-7-5-8(6-13)14-11(7)9/h3-5,13H,2,6H2,1H3. The number of benzene rings is 1. The van der Waals surface area contributed by atoms with Crippen LogP contribution >= 0.6 is 27.3 Å². The van der Waals surface area contributed by atoms with E-state index in [0.29, 0.717) is 0 Å². The van der Waals surface area contributed by atoms with E-state index in [1.165, 1.54) is 20.1 Å². The monoisotopic (exact) mass is 270 g/mol. The van der Waals surface area contributed by atoms with Gasteiger partial charge in [-0.1, -0.05) is 28.9 Å². The molecule has 0 fully saturated rings. The summed E-state index contributed by atoms with van der Waals surface area (Å²) in [5.41, 5.74) is 1.34. The Labute approximate surface area is 95.5 Å². The molecule has 1 aromatic heterocycles. The SMILES string of the molecule is CCc1c(Br)ccc2cc(CO)sc12. The zero-order chi connectivity index (χ0) is 10.1. The van der Waals surface area contributed by atoms with Gasteiger partial charge in [0.25, 0.3) is 0 Å². The van der Waals surface area contributed by atoms with E-state index < -0.39 is 0 Å². The molecule has 0 aliphatic heterocycles. The Kier molecular flexibility index (Phi) is 2.91. The Bertz CT molecular complexity index is 462. The first-order chi connectivity index (χ1) is 6.76. The fraction of sp³-hybridized carbons (Fsp3) is 0.273. The van der Waals surface area contributed by atoms with E-state index in [4.69, 9.17) is 5.11 Å². The Hall–Kier alpha value is -0.380. The average molecular weight is 271 g/mol. The topological polar surface area (TPSA) is 20.2 Å². The lowest BCUT2D eigenvalue weighted by atomic mass is 10.1. The van der Waals surface area contributed by atoms with Crippen molar-refractivity contribution >= 4 is 37.4 Å². The molecule has 0 spiro atoms. The van der Waals surface area contributed by atoms with Gasteiger partial charge in [-0.25, -0.2) is 0 Å². The summed E-state index contributed by atoms with van der Waals surface area (Å²) in [7, 11) is 0. The lowest BCUT2D eigenvalue weighted by molar-refractivity contribution is 0.285. The zero-order valence-corrected chi connectivity index (χ0v) is 10.3. The maximum Gasteiger partial charge on any atom is 0.0774 e. The third-order valence-electron chi connectivity index (χ3n) is 2.29. The molecular weight excluding hydrogens is 260 g/mol. The largest absolute Gasteiger partial charge is 0.391 e. The summed E-state index contributed by atoms with van der Waals surface area (Å²) in [6, 6.07) is 6.23. The maximum absolute atomic E-state index is 9.07. The number of rotatable bonds is 2. The number of aryl methyl sites for hydroxylation is 1. The summed E-state index contributed by atoms with van der Waals surface area (Å²) >= 11 is 5.24. The van der Waals surface area contributed by atoms with E-state index in [9.17, 15) is 0 Å². The molecule has 0 aliphatic carbocycles. The van der Waals surface area contributed by atoms with Gasteiger partial charge in [0.05, 0.1) is 6.61 Å². The smallest absolute Gasteiger partial charge is 0.0774 e. The van der Waals surface area contributed by atoms with E-state index in [0.717, 1.165) is 11.3 Å². The molecular formula is C11H11BrOS. The minimum Gasteiger partial charge on any atom is -0.391 e. The molecule has 0 amide bonds. The molecule has 0 saturated heterocycles. The van der Waals surface area contributed by atoms with Crippen molar-refractivity contribution in [3.63, 3.8) is 0 Å². The zero-order valence-electron chi connectivity index (χ0n) is 7.88. The molecule has 14 heavy (non-hydrogen) atoms. The highest BCUT2D eigenvalue weighted by molar-refractivity contribution is 9.10. The van der Waals surface area contributed by atoms with Crippen LogP contribution in [0, 0.1) is 0 Å². The molecule has 2 aromatic rings. The third kappa shape index (κ3) is 1.60. The second kappa shape index (κ2) is 4.01. The Morgan fingerprint density at radius 3 is 2.86 bits per heavy atom. The lowest BCUT2D eigenvalue weighted by Crippen LogP contribution is -1.81. The van der Waals surface area contributed by atoms with Crippen LogP contribution in [0.5, 0.6) is 0 Å². The lowest BCUT2D eigenvalue weighted by Gasteiger charge is -2.01. The van der Waals surface area contributed by atoms with Crippen molar-refractivity contribution in [1.29, 1.82) is 0 Å². The molecule has 0 atom stereocenters. The van der Waals surface area contributed by atoms with Crippen molar-refractivity contribution in [2.75, 3.05) is 0 Å². The highest BCUT2D eigenvalue weighted by Crippen LogP contribution is 2.33.